The van der Waals surface area contributed by atoms with Crippen molar-refractivity contribution in [3.63, 3.8) is 0 Å². The van der Waals surface area contributed by atoms with Crippen LogP contribution >= 0.6 is 0 Å². The molecule has 6 nitrogen and oxygen atoms in total. The molecule has 0 spiro atoms. The van der Waals surface area contributed by atoms with E-state index in [1.54, 1.807) is 12.3 Å². The van der Waals surface area contributed by atoms with Crippen LogP contribution in [0.15, 0.2) is 18.5 Å². The molecule has 1 saturated heterocycles. The monoisotopic (exact) mass is 273 g/mol. The molecule has 2 amide bonds. The smallest absolute Gasteiger partial charge is 0.255 e. The number of piperazine rings is 1. The molecular weight excluding hydrogens is 258 g/mol. The number of pyridine rings is 1. The molecule has 1 aromatic rings. The molecule has 2 heterocycles. The van der Waals surface area contributed by atoms with Gasteiger partial charge < -0.3 is 15.3 Å². The Hall–Kier alpha value is -2.39. The number of aliphatic hydroxyl groups excluding tert-OH is 1. The number of amides is 2. The Balaban J connectivity index is 2.12. The van der Waals surface area contributed by atoms with Crippen LogP contribution in [-0.4, -0.2) is 53.0 Å². The Bertz CT molecular complexity index is 575. The minimum atomic E-state index is -0.224. The third kappa shape index (κ3) is 3.56. The highest BCUT2D eigenvalue weighted by Gasteiger charge is 2.22. The van der Waals surface area contributed by atoms with E-state index in [0.29, 0.717) is 30.6 Å². The van der Waals surface area contributed by atoms with Crippen LogP contribution in [0.2, 0.25) is 0 Å². The van der Waals surface area contributed by atoms with Crippen LogP contribution in [0, 0.1) is 11.8 Å². The van der Waals surface area contributed by atoms with Gasteiger partial charge in [0.1, 0.15) is 0 Å². The molecule has 1 aromatic heterocycles. The van der Waals surface area contributed by atoms with Crippen LogP contribution in [0.3, 0.4) is 0 Å². The lowest BCUT2D eigenvalue weighted by molar-refractivity contribution is -0.123. The molecule has 104 valence electrons. The van der Waals surface area contributed by atoms with Crippen LogP contribution < -0.4 is 5.32 Å². The summed E-state index contributed by atoms with van der Waals surface area (Å²) in [6, 6.07) is 1.65. The van der Waals surface area contributed by atoms with Crippen LogP contribution in [0.5, 0.6) is 0 Å². The Labute approximate surface area is 116 Å². The van der Waals surface area contributed by atoms with Gasteiger partial charge in [0.15, 0.2) is 0 Å². The number of aliphatic hydroxyl groups is 1. The molecule has 1 aliphatic rings. The highest BCUT2D eigenvalue weighted by atomic mass is 16.2. The average molecular weight is 273 g/mol. The van der Waals surface area contributed by atoms with Gasteiger partial charge in [-0.2, -0.15) is 0 Å². The van der Waals surface area contributed by atoms with E-state index in [0.717, 1.165) is 0 Å². The lowest BCUT2D eigenvalue weighted by Gasteiger charge is -2.26. The molecule has 2 rings (SSSR count). The predicted octanol–water partition coefficient (Wildman–Crippen LogP) is -0.613. The van der Waals surface area contributed by atoms with Crippen LogP contribution in [0.4, 0.5) is 0 Å². The van der Waals surface area contributed by atoms with Crippen molar-refractivity contribution in [3.8, 4) is 11.8 Å². The second-order valence-electron chi connectivity index (χ2n) is 4.31. The zero-order valence-electron chi connectivity index (χ0n) is 10.9. The van der Waals surface area contributed by atoms with Gasteiger partial charge in [0.25, 0.3) is 5.91 Å². The Kier molecular flexibility index (Phi) is 4.69. The number of aromatic nitrogens is 1. The summed E-state index contributed by atoms with van der Waals surface area (Å²) in [5.74, 6) is 5.23. The van der Waals surface area contributed by atoms with Crippen molar-refractivity contribution >= 4 is 11.8 Å². The van der Waals surface area contributed by atoms with E-state index in [4.69, 9.17) is 5.11 Å². The number of carbonyl (C=O) groups excluding carboxylic acids is 2. The third-order valence-corrected chi connectivity index (χ3v) is 2.78. The maximum Gasteiger partial charge on any atom is 0.255 e. The summed E-state index contributed by atoms with van der Waals surface area (Å²) in [6.45, 7) is 1.03. The van der Waals surface area contributed by atoms with Crippen molar-refractivity contribution in [1.82, 2.24) is 15.2 Å². The van der Waals surface area contributed by atoms with Gasteiger partial charge in [-0.3, -0.25) is 14.6 Å². The molecule has 0 unspecified atom stereocenters. The zero-order chi connectivity index (χ0) is 14.4. The first-order valence-electron chi connectivity index (χ1n) is 6.31. The molecule has 0 aromatic carbocycles. The van der Waals surface area contributed by atoms with Crippen LogP contribution in [-0.2, 0) is 4.79 Å². The van der Waals surface area contributed by atoms with Crippen LogP contribution in [0.1, 0.15) is 22.3 Å². The van der Waals surface area contributed by atoms with E-state index in [9.17, 15) is 9.59 Å². The molecule has 0 aliphatic carbocycles. The van der Waals surface area contributed by atoms with Gasteiger partial charge in [-0.15, -0.1) is 0 Å². The first-order valence-corrected chi connectivity index (χ1v) is 6.31. The molecule has 6 heteroatoms. The molecule has 20 heavy (non-hydrogen) atoms. The second kappa shape index (κ2) is 6.68. The molecule has 1 aliphatic heterocycles. The van der Waals surface area contributed by atoms with Gasteiger partial charge in [0, 0.05) is 37.5 Å². The fourth-order valence-corrected chi connectivity index (χ4v) is 1.84. The summed E-state index contributed by atoms with van der Waals surface area (Å²) < 4.78 is 0. The molecule has 0 saturated carbocycles. The molecule has 2 N–H and O–H groups in total. The number of hydrogen-bond donors (Lipinski definition) is 2. The van der Waals surface area contributed by atoms with Crippen molar-refractivity contribution in [3.05, 3.63) is 29.6 Å². The van der Waals surface area contributed by atoms with E-state index in [1.165, 1.54) is 11.1 Å². The molecule has 0 atom stereocenters. The summed E-state index contributed by atoms with van der Waals surface area (Å²) in [7, 11) is 0. The van der Waals surface area contributed by atoms with E-state index in [2.05, 4.69) is 22.1 Å². The summed E-state index contributed by atoms with van der Waals surface area (Å²) in [5, 5.41) is 11.3. The SMILES string of the molecule is O=C1CN(C(=O)c2cncc(C#CCCO)c2)CCN1. The van der Waals surface area contributed by atoms with Gasteiger partial charge in [-0.25, -0.2) is 0 Å². The van der Waals surface area contributed by atoms with Gasteiger partial charge >= 0.3 is 0 Å². The van der Waals surface area contributed by atoms with E-state index < -0.39 is 0 Å². The third-order valence-electron chi connectivity index (χ3n) is 2.78. The number of rotatable bonds is 2. The van der Waals surface area contributed by atoms with E-state index in [1.807, 2.05) is 0 Å². The van der Waals surface area contributed by atoms with Crippen molar-refractivity contribution in [2.75, 3.05) is 26.2 Å². The number of carbonyl (C=O) groups is 2. The summed E-state index contributed by atoms with van der Waals surface area (Å²) in [5.41, 5.74) is 1.03. The number of nitrogens with one attached hydrogen (secondary N) is 1. The first kappa shape index (κ1) is 14.0. The average Bonchev–Trinajstić information content (AvgIpc) is 2.47. The lowest BCUT2D eigenvalue weighted by atomic mass is 10.1. The van der Waals surface area contributed by atoms with Crippen LogP contribution in [0.25, 0.3) is 0 Å². The molecule has 0 radical (unpaired) electrons. The van der Waals surface area contributed by atoms with Crippen molar-refractivity contribution in [1.29, 1.82) is 0 Å². The van der Waals surface area contributed by atoms with Crippen molar-refractivity contribution < 1.29 is 14.7 Å². The Morgan fingerprint density at radius 2 is 2.35 bits per heavy atom. The normalized spacial score (nSPS) is 14.2. The quantitative estimate of drug-likeness (QED) is 0.704. The van der Waals surface area contributed by atoms with Gasteiger partial charge in [-0.1, -0.05) is 11.8 Å². The van der Waals surface area contributed by atoms with Gasteiger partial charge in [0.2, 0.25) is 5.91 Å². The molecule has 0 bridgehead atoms. The molecular formula is C14H15N3O3. The van der Waals surface area contributed by atoms with Crippen molar-refractivity contribution in [2.45, 2.75) is 6.42 Å². The van der Waals surface area contributed by atoms with E-state index >= 15 is 0 Å². The largest absolute Gasteiger partial charge is 0.395 e. The van der Waals surface area contributed by atoms with Gasteiger partial charge in [-0.05, 0) is 6.07 Å². The highest BCUT2D eigenvalue weighted by Crippen LogP contribution is 2.07. The highest BCUT2D eigenvalue weighted by molar-refractivity contribution is 5.97. The maximum atomic E-state index is 12.2. The predicted molar refractivity (Wildman–Crippen MR) is 71.7 cm³/mol. The topological polar surface area (TPSA) is 82.5 Å². The Morgan fingerprint density at radius 3 is 3.10 bits per heavy atom. The number of nitrogens with zero attached hydrogens (tertiary/aromatic N) is 2. The fraction of sp³-hybridized carbons (Fsp3) is 0.357. The van der Waals surface area contributed by atoms with Gasteiger partial charge in [0.05, 0.1) is 18.7 Å². The maximum absolute atomic E-state index is 12.2. The Morgan fingerprint density at radius 1 is 1.50 bits per heavy atom. The first-order chi connectivity index (χ1) is 9.70. The standard InChI is InChI=1S/C14H15N3O3/c18-6-2-1-3-11-7-12(9-15-8-11)14(20)17-5-4-16-13(19)10-17/h7-9,18H,2,4-6,10H2,(H,16,19). The second-order valence-corrected chi connectivity index (χ2v) is 4.31. The summed E-state index contributed by atoms with van der Waals surface area (Å²) in [4.78, 5) is 29.0. The lowest BCUT2D eigenvalue weighted by Crippen LogP contribution is -2.50. The minimum absolute atomic E-state index is 0.00192. The van der Waals surface area contributed by atoms with Crippen molar-refractivity contribution in [2.24, 2.45) is 0 Å². The summed E-state index contributed by atoms with van der Waals surface area (Å²) in [6.07, 6.45) is 3.40. The fourth-order valence-electron chi connectivity index (χ4n) is 1.84. The zero-order valence-corrected chi connectivity index (χ0v) is 10.9. The minimum Gasteiger partial charge on any atom is -0.395 e. The number of hydrogen-bond acceptors (Lipinski definition) is 4. The van der Waals surface area contributed by atoms with E-state index in [-0.39, 0.29) is 25.0 Å². The summed E-state index contributed by atoms with van der Waals surface area (Å²) >= 11 is 0. The molecule has 1 fully saturated rings.